The van der Waals surface area contributed by atoms with Gasteiger partial charge in [0, 0.05) is 12.7 Å². The second-order valence-corrected chi connectivity index (χ2v) is 3.80. The maximum atomic E-state index is 3.97. The summed E-state index contributed by atoms with van der Waals surface area (Å²) in [6.45, 7) is 15.8. The van der Waals surface area contributed by atoms with Crippen LogP contribution in [0.4, 0.5) is 0 Å². The molecule has 0 aromatic rings. The fourth-order valence-electron chi connectivity index (χ4n) is 1.54. The van der Waals surface area contributed by atoms with E-state index in [4.69, 9.17) is 0 Å². The average molecular weight is 205 g/mol. The lowest BCUT2D eigenvalue weighted by Gasteiger charge is -2.17. The molecule has 0 saturated heterocycles. The molecule has 0 aliphatic carbocycles. The maximum absolute atomic E-state index is 3.97. The molecule has 0 aromatic carbocycles. The van der Waals surface area contributed by atoms with Crippen LogP contribution in [-0.4, -0.2) is 7.05 Å². The van der Waals surface area contributed by atoms with Crippen LogP contribution in [0.2, 0.25) is 0 Å². The van der Waals surface area contributed by atoms with Crippen molar-refractivity contribution in [3.63, 3.8) is 0 Å². The third-order valence-corrected chi connectivity index (χ3v) is 2.75. The van der Waals surface area contributed by atoms with Crippen LogP contribution in [0.1, 0.15) is 26.7 Å². The Hall–Kier alpha value is -1.24. The smallest absolute Gasteiger partial charge is 0.0396 e. The number of hydrogen-bond acceptors (Lipinski definition) is 1. The fraction of sp³-hybridized carbons (Fsp3) is 0.429. The van der Waals surface area contributed by atoms with Gasteiger partial charge >= 0.3 is 0 Å². The topological polar surface area (TPSA) is 12.0 Å². The van der Waals surface area contributed by atoms with Gasteiger partial charge in [-0.3, -0.25) is 0 Å². The minimum Gasteiger partial charge on any atom is -0.388 e. The Morgan fingerprint density at radius 1 is 1.40 bits per heavy atom. The second kappa shape index (κ2) is 7.10. The molecule has 84 valence electrons. The Labute approximate surface area is 94.3 Å². The molecule has 0 radical (unpaired) electrons. The Morgan fingerprint density at radius 2 is 2.00 bits per heavy atom. The molecule has 1 nitrogen and oxygen atoms in total. The zero-order valence-corrected chi connectivity index (χ0v) is 10.3. The van der Waals surface area contributed by atoms with Crippen molar-refractivity contribution >= 4 is 0 Å². The summed E-state index contributed by atoms with van der Waals surface area (Å²) in [4.78, 5) is 0. The van der Waals surface area contributed by atoms with Crippen molar-refractivity contribution in [3.05, 3.63) is 48.7 Å². The predicted molar refractivity (Wildman–Crippen MR) is 69.7 cm³/mol. The van der Waals surface area contributed by atoms with Gasteiger partial charge in [0.05, 0.1) is 0 Å². The molecule has 0 rings (SSSR count). The molecule has 0 saturated carbocycles. The summed E-state index contributed by atoms with van der Waals surface area (Å²) in [6.07, 6.45) is 5.93. The van der Waals surface area contributed by atoms with E-state index in [1.165, 1.54) is 5.57 Å². The van der Waals surface area contributed by atoms with Crippen molar-refractivity contribution in [3.8, 4) is 0 Å². The largest absolute Gasteiger partial charge is 0.388 e. The van der Waals surface area contributed by atoms with Crippen molar-refractivity contribution in [2.45, 2.75) is 26.7 Å². The van der Waals surface area contributed by atoms with Gasteiger partial charge in [0.2, 0.25) is 0 Å². The van der Waals surface area contributed by atoms with E-state index in [-0.39, 0.29) is 0 Å². The average Bonchev–Trinajstić information content (AvgIpc) is 2.26. The van der Waals surface area contributed by atoms with Crippen LogP contribution in [0.5, 0.6) is 0 Å². The highest BCUT2D eigenvalue weighted by Gasteiger charge is 2.09. The highest BCUT2D eigenvalue weighted by atomic mass is 14.8. The molecular weight excluding hydrogens is 182 g/mol. The highest BCUT2D eigenvalue weighted by molar-refractivity contribution is 5.38. The van der Waals surface area contributed by atoms with Crippen LogP contribution in [0.3, 0.4) is 0 Å². The molecule has 0 amide bonds. The van der Waals surface area contributed by atoms with E-state index in [1.54, 1.807) is 6.08 Å². The first kappa shape index (κ1) is 13.8. The second-order valence-electron chi connectivity index (χ2n) is 3.80. The monoisotopic (exact) mass is 205 g/mol. The number of allylic oxidation sites excluding steroid dienone is 3. The van der Waals surface area contributed by atoms with Gasteiger partial charge in [0.25, 0.3) is 0 Å². The highest BCUT2D eigenvalue weighted by Crippen LogP contribution is 2.22. The lowest BCUT2D eigenvalue weighted by atomic mass is 9.93. The van der Waals surface area contributed by atoms with E-state index >= 15 is 0 Å². The van der Waals surface area contributed by atoms with Gasteiger partial charge in [-0.1, -0.05) is 32.2 Å². The lowest BCUT2D eigenvalue weighted by molar-refractivity contribution is 0.611. The zero-order valence-electron chi connectivity index (χ0n) is 10.3. The van der Waals surface area contributed by atoms with E-state index < -0.39 is 0 Å². The summed E-state index contributed by atoms with van der Waals surface area (Å²) in [5.41, 5.74) is 3.41. The first-order valence-electron chi connectivity index (χ1n) is 5.39. The summed E-state index contributed by atoms with van der Waals surface area (Å²) >= 11 is 0. The number of nitrogens with one attached hydrogen (secondary N) is 1. The Bertz CT molecular complexity index is 271. The summed E-state index contributed by atoms with van der Waals surface area (Å²) in [7, 11) is 1.92. The van der Waals surface area contributed by atoms with E-state index in [0.29, 0.717) is 5.92 Å². The molecular formula is C14H23N. The van der Waals surface area contributed by atoms with Gasteiger partial charge in [-0.25, -0.2) is 0 Å². The summed E-state index contributed by atoms with van der Waals surface area (Å²) < 4.78 is 0. The molecule has 0 heterocycles. The first-order chi connectivity index (χ1) is 7.08. The minimum absolute atomic E-state index is 0.544. The van der Waals surface area contributed by atoms with Crippen LogP contribution < -0.4 is 5.32 Å². The van der Waals surface area contributed by atoms with Crippen LogP contribution in [0.15, 0.2) is 48.7 Å². The molecule has 1 heteroatoms. The van der Waals surface area contributed by atoms with E-state index in [2.05, 4.69) is 38.9 Å². The van der Waals surface area contributed by atoms with Crippen molar-refractivity contribution < 1.29 is 0 Å². The van der Waals surface area contributed by atoms with Gasteiger partial charge in [-0.05, 0) is 36.8 Å². The Morgan fingerprint density at radius 3 is 2.40 bits per heavy atom. The van der Waals surface area contributed by atoms with Crippen LogP contribution >= 0.6 is 0 Å². The third-order valence-electron chi connectivity index (χ3n) is 2.75. The minimum atomic E-state index is 0.544. The van der Waals surface area contributed by atoms with Crippen LogP contribution in [-0.2, 0) is 0 Å². The molecule has 1 unspecified atom stereocenters. The molecule has 0 aliphatic heterocycles. The Balaban J connectivity index is 4.76. The molecule has 1 N–H and O–H groups in total. The third kappa shape index (κ3) is 4.20. The molecule has 0 aromatic heterocycles. The predicted octanol–water partition coefficient (Wildman–Crippen LogP) is 3.82. The van der Waals surface area contributed by atoms with Crippen LogP contribution in [0, 0.1) is 5.92 Å². The maximum Gasteiger partial charge on any atom is 0.0396 e. The number of likely N-dealkylation sites (N-methyl/N-ethyl adjacent to an activating group) is 1. The van der Waals surface area contributed by atoms with Crippen molar-refractivity contribution in [1.29, 1.82) is 0 Å². The molecule has 15 heavy (non-hydrogen) atoms. The summed E-state index contributed by atoms with van der Waals surface area (Å²) in [6, 6.07) is 0. The molecule has 0 bridgehead atoms. The number of hydrogen-bond donors (Lipinski definition) is 1. The van der Waals surface area contributed by atoms with Gasteiger partial charge < -0.3 is 5.32 Å². The number of rotatable bonds is 7. The molecule has 0 fully saturated rings. The van der Waals surface area contributed by atoms with E-state index in [9.17, 15) is 0 Å². The van der Waals surface area contributed by atoms with Gasteiger partial charge in [0.1, 0.15) is 0 Å². The molecule has 1 atom stereocenters. The quantitative estimate of drug-likeness (QED) is 0.492. The SMILES string of the molecule is C=CCCC(C)/C(C)=C(/NC)C(=C)C=C. The molecule has 0 spiro atoms. The normalized spacial score (nSPS) is 13.8. The van der Waals surface area contributed by atoms with Crippen molar-refractivity contribution in [2.75, 3.05) is 7.05 Å². The van der Waals surface area contributed by atoms with Gasteiger partial charge in [0.15, 0.2) is 0 Å². The van der Waals surface area contributed by atoms with Gasteiger partial charge in [-0.15, -0.1) is 6.58 Å². The van der Waals surface area contributed by atoms with Gasteiger partial charge in [-0.2, -0.15) is 0 Å². The van der Waals surface area contributed by atoms with Crippen LogP contribution in [0.25, 0.3) is 0 Å². The zero-order chi connectivity index (χ0) is 11.8. The standard InChI is InChI=1S/C14H23N/c1-7-9-10-12(4)13(5)14(15-6)11(3)8-2/h7-8,12,15H,1-3,9-10H2,4-6H3/b14-13+. The summed E-state index contributed by atoms with van der Waals surface area (Å²) in [5.74, 6) is 0.544. The Kier molecular flexibility index (Phi) is 6.52. The summed E-state index contributed by atoms with van der Waals surface area (Å²) in [5, 5.41) is 3.19. The first-order valence-corrected chi connectivity index (χ1v) is 5.39. The van der Waals surface area contributed by atoms with Crippen molar-refractivity contribution in [1.82, 2.24) is 5.32 Å². The van der Waals surface area contributed by atoms with Crippen molar-refractivity contribution in [2.24, 2.45) is 5.92 Å². The van der Waals surface area contributed by atoms with E-state index in [1.807, 2.05) is 13.1 Å². The fourth-order valence-corrected chi connectivity index (χ4v) is 1.54. The lowest BCUT2D eigenvalue weighted by Crippen LogP contribution is -2.13. The van der Waals surface area contributed by atoms with E-state index in [0.717, 1.165) is 24.1 Å². The molecule has 0 aliphatic rings.